The van der Waals surface area contributed by atoms with Crippen molar-refractivity contribution in [3.63, 3.8) is 0 Å². The van der Waals surface area contributed by atoms with Crippen molar-refractivity contribution < 1.29 is 33.8 Å². The van der Waals surface area contributed by atoms with Crippen LogP contribution in [0.15, 0.2) is 22.7 Å². The number of hydrogen-bond acceptors (Lipinski definition) is 7. The lowest BCUT2D eigenvalue weighted by Crippen LogP contribution is -2.56. The van der Waals surface area contributed by atoms with Crippen LogP contribution in [0.5, 0.6) is 0 Å². The van der Waals surface area contributed by atoms with Crippen LogP contribution in [0.4, 0.5) is 4.79 Å². The largest absolute Gasteiger partial charge is 0.444 e. The number of aliphatic hydroxyl groups excluding tert-OH is 1. The summed E-state index contributed by atoms with van der Waals surface area (Å²) in [4.78, 5) is 71.5. The normalized spacial score (nSPS) is 21.3. The number of hydrogen-bond donors (Lipinski definition) is 3. The van der Waals surface area contributed by atoms with Crippen LogP contribution in [0.2, 0.25) is 5.02 Å². The van der Waals surface area contributed by atoms with Gasteiger partial charge in [-0.05, 0) is 69.7 Å². The molecule has 1 aliphatic rings. The van der Waals surface area contributed by atoms with Gasteiger partial charge in [-0.3, -0.25) is 24.5 Å². The van der Waals surface area contributed by atoms with Crippen LogP contribution in [0.25, 0.3) is 0 Å². The van der Waals surface area contributed by atoms with E-state index in [4.69, 9.17) is 16.3 Å². The van der Waals surface area contributed by atoms with E-state index in [0.29, 0.717) is 30.8 Å². The zero-order chi connectivity index (χ0) is 37.1. The number of carbonyl (C=O) groups excluding carboxylic acids is 5. The fraction of sp³-hybridized carbons (Fsp3) is 0.686. The van der Waals surface area contributed by atoms with Crippen molar-refractivity contribution in [2.75, 3.05) is 34.2 Å². The maximum absolute atomic E-state index is 14.2. The molecule has 49 heavy (non-hydrogen) atoms. The third-order valence-corrected chi connectivity index (χ3v) is 9.40. The molecular formula is C35H55BrClN5O7. The van der Waals surface area contributed by atoms with Gasteiger partial charge in [0.25, 0.3) is 5.91 Å². The molecule has 3 N–H and O–H groups in total. The number of halogens is 2. The summed E-state index contributed by atoms with van der Waals surface area (Å²) in [7, 11) is 4.78. The molecule has 1 unspecified atom stereocenters. The molecule has 1 aliphatic heterocycles. The van der Waals surface area contributed by atoms with Crippen molar-refractivity contribution in [1.29, 1.82) is 0 Å². The predicted octanol–water partition coefficient (Wildman–Crippen LogP) is 4.73. The fourth-order valence-electron chi connectivity index (χ4n) is 5.73. The Morgan fingerprint density at radius 2 is 1.73 bits per heavy atom. The van der Waals surface area contributed by atoms with Gasteiger partial charge in [-0.2, -0.15) is 0 Å². The number of rotatable bonds is 8. The third kappa shape index (κ3) is 14.1. The fourth-order valence-corrected chi connectivity index (χ4v) is 6.33. The van der Waals surface area contributed by atoms with Crippen molar-refractivity contribution in [3.05, 3.63) is 33.3 Å². The first-order valence-electron chi connectivity index (χ1n) is 17.0. The highest BCUT2D eigenvalue weighted by Gasteiger charge is 2.36. The van der Waals surface area contributed by atoms with Gasteiger partial charge >= 0.3 is 6.09 Å². The van der Waals surface area contributed by atoms with Crippen molar-refractivity contribution in [1.82, 2.24) is 25.3 Å². The SMILES string of the molecule is CC(C)C[C@@H]1NC(=O)C(CN(C)C(=O)[C@H](O)NC(=O)OC(C)(C)C)CCCCCCCN(C)C(=O)[C@H](Cc2cc(Cl)ccc2Br)N(C)C1=O. The highest BCUT2D eigenvalue weighted by atomic mass is 79.9. The summed E-state index contributed by atoms with van der Waals surface area (Å²) < 4.78 is 5.90. The molecule has 4 atom stereocenters. The van der Waals surface area contributed by atoms with Crippen LogP contribution < -0.4 is 10.6 Å². The van der Waals surface area contributed by atoms with E-state index in [1.807, 2.05) is 13.8 Å². The van der Waals surface area contributed by atoms with Crippen LogP contribution >= 0.6 is 27.5 Å². The Hall–Kier alpha value is -2.90. The van der Waals surface area contributed by atoms with Crippen molar-refractivity contribution in [2.45, 2.75) is 110 Å². The maximum atomic E-state index is 14.2. The zero-order valence-electron chi connectivity index (χ0n) is 30.2. The minimum atomic E-state index is -1.87. The van der Waals surface area contributed by atoms with Gasteiger partial charge in [0, 0.05) is 50.1 Å². The summed E-state index contributed by atoms with van der Waals surface area (Å²) >= 11 is 9.85. The second-order valence-corrected chi connectivity index (χ2v) is 15.7. The van der Waals surface area contributed by atoms with E-state index in [-0.39, 0.29) is 24.8 Å². The van der Waals surface area contributed by atoms with Crippen LogP contribution in [0, 0.1) is 11.8 Å². The van der Waals surface area contributed by atoms with Gasteiger partial charge < -0.3 is 29.9 Å². The second-order valence-electron chi connectivity index (χ2n) is 14.4. The number of amides is 5. The van der Waals surface area contributed by atoms with Gasteiger partial charge in [0.15, 0.2) is 0 Å². The van der Waals surface area contributed by atoms with Gasteiger partial charge in [-0.1, -0.05) is 67.1 Å². The van der Waals surface area contributed by atoms with Crippen LogP contribution in [-0.2, 0) is 30.3 Å². The van der Waals surface area contributed by atoms with E-state index in [1.165, 1.54) is 16.8 Å². The molecule has 1 aromatic carbocycles. The van der Waals surface area contributed by atoms with Crippen LogP contribution in [0.1, 0.15) is 85.1 Å². The highest BCUT2D eigenvalue weighted by Crippen LogP contribution is 2.25. The molecule has 0 aliphatic carbocycles. The molecule has 1 saturated heterocycles. The molecule has 2 rings (SSSR count). The predicted molar refractivity (Wildman–Crippen MR) is 193 cm³/mol. The molecular weight excluding hydrogens is 718 g/mol. The lowest BCUT2D eigenvalue weighted by atomic mass is 9.96. The molecule has 276 valence electrons. The summed E-state index contributed by atoms with van der Waals surface area (Å²) in [5.41, 5.74) is -0.0534. The van der Waals surface area contributed by atoms with E-state index in [9.17, 15) is 29.1 Å². The molecule has 5 amide bonds. The first-order chi connectivity index (χ1) is 22.8. The number of nitrogens with zero attached hydrogens (tertiary/aromatic N) is 3. The smallest absolute Gasteiger partial charge is 0.410 e. The quantitative estimate of drug-likeness (QED) is 0.324. The van der Waals surface area contributed by atoms with Crippen molar-refractivity contribution in [2.24, 2.45) is 11.8 Å². The Bertz CT molecular complexity index is 1310. The Morgan fingerprint density at radius 1 is 1.10 bits per heavy atom. The summed E-state index contributed by atoms with van der Waals surface area (Å²) in [6.07, 6.45) is 2.27. The highest BCUT2D eigenvalue weighted by molar-refractivity contribution is 9.10. The Morgan fingerprint density at radius 3 is 2.37 bits per heavy atom. The van der Waals surface area contributed by atoms with E-state index >= 15 is 0 Å². The zero-order valence-corrected chi connectivity index (χ0v) is 32.5. The minimum absolute atomic E-state index is 0.0314. The van der Waals surface area contributed by atoms with Gasteiger partial charge in [0.1, 0.15) is 17.7 Å². The van der Waals surface area contributed by atoms with Gasteiger partial charge in [0.05, 0.1) is 5.92 Å². The maximum Gasteiger partial charge on any atom is 0.410 e. The third-order valence-electron chi connectivity index (χ3n) is 8.39. The molecule has 0 bridgehead atoms. The molecule has 0 aromatic heterocycles. The number of carbonyl (C=O) groups is 5. The number of alkyl carbamates (subject to hydrolysis) is 1. The van der Waals surface area contributed by atoms with Crippen molar-refractivity contribution >= 4 is 57.3 Å². The summed E-state index contributed by atoms with van der Waals surface area (Å²) in [6, 6.07) is 3.53. The van der Waals surface area contributed by atoms with Crippen molar-refractivity contribution in [3.8, 4) is 0 Å². The van der Waals surface area contributed by atoms with Crippen LogP contribution in [-0.4, -0.2) is 108 Å². The summed E-state index contributed by atoms with van der Waals surface area (Å²) in [6.45, 7) is 9.35. The van der Waals surface area contributed by atoms with Crippen LogP contribution in [0.3, 0.4) is 0 Å². The molecule has 12 nitrogen and oxygen atoms in total. The Kier molecular flexibility index (Phi) is 16.8. The Balaban J connectivity index is 2.38. The number of nitrogens with one attached hydrogen (secondary N) is 2. The summed E-state index contributed by atoms with van der Waals surface area (Å²) in [5.74, 6) is -2.50. The number of benzene rings is 1. The van der Waals surface area contributed by atoms with Gasteiger partial charge in [-0.25, -0.2) is 4.79 Å². The van der Waals surface area contributed by atoms with E-state index in [0.717, 1.165) is 35.7 Å². The lowest BCUT2D eigenvalue weighted by Gasteiger charge is -2.35. The number of aliphatic hydroxyl groups is 1. The second kappa shape index (κ2) is 19.5. The van der Waals surface area contributed by atoms with E-state index < -0.39 is 53.6 Å². The first-order valence-corrected chi connectivity index (χ1v) is 18.2. The topological polar surface area (TPSA) is 149 Å². The lowest BCUT2D eigenvalue weighted by molar-refractivity contribution is -0.146. The van der Waals surface area contributed by atoms with Gasteiger partial charge in [-0.15, -0.1) is 0 Å². The minimum Gasteiger partial charge on any atom is -0.444 e. The monoisotopic (exact) mass is 771 g/mol. The summed E-state index contributed by atoms with van der Waals surface area (Å²) in [5, 5.41) is 16.0. The van der Waals surface area contributed by atoms with E-state index in [1.54, 1.807) is 58.0 Å². The standard InChI is InChI=1S/C35H55BrClN5O7/c1-22(2)18-27-31(45)42(8)28(20-24-19-25(37)15-16-26(24)36)32(46)40(6)17-13-11-9-10-12-14-23(29(43)38-27)21-41(7)33(47)30(44)39-34(48)49-35(3,4)5/h15-16,19,22-23,27-28,30,44H,9-14,17-18,20-21H2,1-8H3,(H,38,43)(H,39,48)/t23?,27-,28-,30-/m0/s1. The molecule has 1 aromatic rings. The average Bonchev–Trinajstić information content (AvgIpc) is 3.00. The number of ether oxygens (including phenoxy) is 1. The molecule has 14 heteroatoms. The van der Waals surface area contributed by atoms with E-state index in [2.05, 4.69) is 26.6 Å². The Labute approximate surface area is 304 Å². The molecule has 1 heterocycles. The van der Waals surface area contributed by atoms with Gasteiger partial charge in [0.2, 0.25) is 23.9 Å². The molecule has 0 saturated carbocycles. The molecule has 1 fully saturated rings. The average molecular weight is 773 g/mol. The number of likely N-dealkylation sites (N-methyl/N-ethyl adjacent to an activating group) is 3. The first kappa shape index (κ1) is 42.3. The molecule has 0 spiro atoms. The molecule has 0 radical (unpaired) electrons.